The van der Waals surface area contributed by atoms with Gasteiger partial charge in [-0.05, 0) is 35.9 Å². The molecule has 0 aliphatic rings. The summed E-state index contributed by atoms with van der Waals surface area (Å²) in [6, 6.07) is 19.8. The molecule has 1 heterocycles. The Kier molecular flexibility index (Phi) is 3.79. The van der Waals surface area contributed by atoms with Gasteiger partial charge < -0.3 is 5.73 Å². The third-order valence-electron chi connectivity index (χ3n) is 3.97. The molecule has 0 atom stereocenters. The van der Waals surface area contributed by atoms with Gasteiger partial charge in [0.1, 0.15) is 0 Å². The van der Waals surface area contributed by atoms with Crippen molar-refractivity contribution in [3.63, 3.8) is 0 Å². The molecule has 0 fully saturated rings. The fraction of sp³-hybridized carbons (Fsp3) is 0.0500. The van der Waals surface area contributed by atoms with E-state index in [1.807, 2.05) is 36.4 Å². The number of nitrogen functional groups attached to an aromatic ring is 1. The zero-order chi connectivity index (χ0) is 16.7. The van der Waals surface area contributed by atoms with Crippen LogP contribution in [-0.2, 0) is 0 Å². The van der Waals surface area contributed by atoms with Gasteiger partial charge in [-0.15, -0.1) is 11.3 Å². The number of nitrogens with two attached hydrogens (primary N) is 1. The van der Waals surface area contributed by atoms with E-state index in [0.29, 0.717) is 0 Å². The Bertz CT molecular complexity index is 1130. The van der Waals surface area contributed by atoms with Gasteiger partial charge in [0.05, 0.1) is 4.21 Å². The fourth-order valence-electron chi connectivity index (χ4n) is 2.78. The molecule has 0 radical (unpaired) electrons. The first-order valence-corrected chi connectivity index (χ1v) is 9.25. The molecule has 2 N–H and O–H groups in total. The Labute approximate surface area is 147 Å². The summed E-state index contributed by atoms with van der Waals surface area (Å²) in [7, 11) is 0. The van der Waals surface area contributed by atoms with Gasteiger partial charge in [0, 0.05) is 26.7 Å². The van der Waals surface area contributed by atoms with Crippen molar-refractivity contribution in [2.45, 2.75) is 16.0 Å². The number of fused-ring (bicyclic) bond motifs is 2. The number of rotatable bonds is 2. The van der Waals surface area contributed by atoms with Crippen LogP contribution < -0.4 is 11.2 Å². The van der Waals surface area contributed by atoms with E-state index in [1.165, 1.54) is 10.9 Å². The lowest BCUT2D eigenvalue weighted by Crippen LogP contribution is -1.98. The summed E-state index contributed by atoms with van der Waals surface area (Å²) >= 11 is 3.20. The second kappa shape index (κ2) is 5.96. The summed E-state index contributed by atoms with van der Waals surface area (Å²) in [6.07, 6.45) is 0. The number of hydrogen-bond donors (Lipinski definition) is 1. The maximum absolute atomic E-state index is 12.3. The smallest absolute Gasteiger partial charge is 0.189 e. The van der Waals surface area contributed by atoms with E-state index in [9.17, 15) is 4.79 Å². The predicted molar refractivity (Wildman–Crippen MR) is 105 cm³/mol. The van der Waals surface area contributed by atoms with E-state index in [2.05, 4.69) is 25.1 Å². The summed E-state index contributed by atoms with van der Waals surface area (Å²) in [6.45, 7) is 2.08. The summed E-state index contributed by atoms with van der Waals surface area (Å²) in [5.74, 6) is 0. The highest BCUT2D eigenvalue weighted by Crippen LogP contribution is 2.40. The van der Waals surface area contributed by atoms with Gasteiger partial charge in [-0.25, -0.2) is 0 Å². The summed E-state index contributed by atoms with van der Waals surface area (Å²) < 4.78 is 1.96. The number of anilines is 1. The van der Waals surface area contributed by atoms with Crippen molar-refractivity contribution in [2.24, 2.45) is 0 Å². The van der Waals surface area contributed by atoms with Gasteiger partial charge >= 0.3 is 0 Å². The highest BCUT2D eigenvalue weighted by atomic mass is 32.2. The quantitative estimate of drug-likeness (QED) is 0.489. The first kappa shape index (κ1) is 15.2. The van der Waals surface area contributed by atoms with Crippen molar-refractivity contribution in [2.75, 3.05) is 5.73 Å². The van der Waals surface area contributed by atoms with Crippen LogP contribution in [0.2, 0.25) is 0 Å². The van der Waals surface area contributed by atoms with E-state index < -0.39 is 0 Å². The van der Waals surface area contributed by atoms with Crippen LogP contribution in [-0.4, -0.2) is 0 Å². The summed E-state index contributed by atoms with van der Waals surface area (Å²) in [5, 5.41) is 3.06. The minimum atomic E-state index is 0.0569. The first-order valence-electron chi connectivity index (χ1n) is 7.61. The van der Waals surface area contributed by atoms with Gasteiger partial charge in [-0.2, -0.15) is 0 Å². The van der Waals surface area contributed by atoms with Crippen molar-refractivity contribution in [3.8, 4) is 0 Å². The van der Waals surface area contributed by atoms with E-state index >= 15 is 0 Å². The van der Waals surface area contributed by atoms with Crippen molar-refractivity contribution in [3.05, 3.63) is 76.5 Å². The Morgan fingerprint density at radius 3 is 2.67 bits per heavy atom. The van der Waals surface area contributed by atoms with Crippen molar-refractivity contribution < 1.29 is 0 Å². The second-order valence-corrected chi connectivity index (χ2v) is 8.13. The predicted octanol–water partition coefficient (Wildman–Crippen LogP) is 5.46. The Balaban J connectivity index is 1.88. The van der Waals surface area contributed by atoms with Gasteiger partial charge in [0.2, 0.25) is 0 Å². The molecule has 2 nitrogen and oxygen atoms in total. The largest absolute Gasteiger partial charge is 0.398 e. The van der Waals surface area contributed by atoms with Crippen LogP contribution in [0.15, 0.2) is 74.6 Å². The molecule has 0 amide bonds. The molecule has 0 aliphatic heterocycles. The van der Waals surface area contributed by atoms with Crippen molar-refractivity contribution in [1.29, 1.82) is 0 Å². The molecular weight excluding hydrogens is 334 g/mol. The lowest BCUT2D eigenvalue weighted by Gasteiger charge is -2.10. The first-order chi connectivity index (χ1) is 11.6. The molecule has 1 aromatic heterocycles. The molecule has 24 heavy (non-hydrogen) atoms. The van der Waals surface area contributed by atoms with Crippen LogP contribution in [0.25, 0.3) is 20.9 Å². The van der Waals surface area contributed by atoms with Gasteiger partial charge in [-0.3, -0.25) is 4.79 Å². The minimum absolute atomic E-state index is 0.0569. The molecule has 0 bridgehead atoms. The molecule has 118 valence electrons. The number of hydrogen-bond acceptors (Lipinski definition) is 4. The normalized spacial score (nSPS) is 11.2. The molecule has 4 heteroatoms. The lowest BCUT2D eigenvalue weighted by atomic mass is 10.1. The average molecular weight is 349 g/mol. The molecule has 4 rings (SSSR count). The third kappa shape index (κ3) is 2.68. The van der Waals surface area contributed by atoms with Crippen LogP contribution in [0.4, 0.5) is 5.69 Å². The standard InChI is InChI=1S/C20H15NOS2/c1-12-6-8-14-13(10-12)7-9-16(21)20(14)24-19-11-17(22)15-4-2-3-5-18(15)23-19/h2-11H,21H2,1H3. The fourth-order valence-corrected chi connectivity index (χ4v) is 5.13. The SMILES string of the molecule is Cc1ccc2c(Sc3cc(=O)c4ccccc4s3)c(N)ccc2c1. The van der Waals surface area contributed by atoms with Gasteiger partial charge in [0.25, 0.3) is 0 Å². The summed E-state index contributed by atoms with van der Waals surface area (Å²) in [5.41, 5.74) is 8.25. The summed E-state index contributed by atoms with van der Waals surface area (Å²) in [4.78, 5) is 13.4. The van der Waals surface area contributed by atoms with Crippen LogP contribution in [0.3, 0.4) is 0 Å². The molecule has 0 spiro atoms. The van der Waals surface area contributed by atoms with Gasteiger partial charge in [-0.1, -0.05) is 53.7 Å². The van der Waals surface area contributed by atoms with Crippen LogP contribution >= 0.6 is 23.1 Å². The molecular formula is C20H15NOS2. The van der Waals surface area contributed by atoms with E-state index in [-0.39, 0.29) is 5.43 Å². The Hall–Kier alpha value is -2.30. The lowest BCUT2D eigenvalue weighted by molar-refractivity contribution is 1.46. The van der Waals surface area contributed by atoms with Crippen molar-refractivity contribution >= 4 is 49.6 Å². The molecule has 0 aliphatic carbocycles. The second-order valence-electron chi connectivity index (χ2n) is 5.74. The molecule has 0 saturated carbocycles. The number of benzene rings is 3. The maximum atomic E-state index is 12.3. The zero-order valence-corrected chi connectivity index (χ0v) is 14.7. The molecule has 0 unspecified atom stereocenters. The van der Waals surface area contributed by atoms with Crippen LogP contribution in [0.1, 0.15) is 5.56 Å². The Morgan fingerprint density at radius 2 is 1.79 bits per heavy atom. The molecule has 0 saturated heterocycles. The highest BCUT2D eigenvalue weighted by molar-refractivity contribution is 8.01. The zero-order valence-electron chi connectivity index (χ0n) is 13.1. The maximum Gasteiger partial charge on any atom is 0.189 e. The van der Waals surface area contributed by atoms with Crippen LogP contribution in [0, 0.1) is 6.92 Å². The van der Waals surface area contributed by atoms with Gasteiger partial charge in [0.15, 0.2) is 5.43 Å². The Morgan fingerprint density at radius 1 is 0.958 bits per heavy atom. The third-order valence-corrected chi connectivity index (χ3v) is 6.34. The molecule has 3 aromatic carbocycles. The topological polar surface area (TPSA) is 43.1 Å². The van der Waals surface area contributed by atoms with Crippen LogP contribution in [0.5, 0.6) is 0 Å². The minimum Gasteiger partial charge on any atom is -0.398 e. The van der Waals surface area contributed by atoms with Crippen molar-refractivity contribution in [1.82, 2.24) is 0 Å². The number of aryl methyl sites for hydroxylation is 1. The average Bonchev–Trinajstić information content (AvgIpc) is 2.57. The monoisotopic (exact) mass is 349 g/mol. The molecule has 4 aromatic rings. The van der Waals surface area contributed by atoms with E-state index in [0.717, 1.165) is 30.3 Å². The van der Waals surface area contributed by atoms with E-state index in [1.54, 1.807) is 29.2 Å². The van der Waals surface area contributed by atoms with E-state index in [4.69, 9.17) is 5.73 Å². The highest BCUT2D eigenvalue weighted by Gasteiger charge is 2.10.